The number of aliphatic hydroxyl groups is 1. The van der Waals surface area contributed by atoms with Crippen molar-refractivity contribution >= 4 is 5.91 Å². The molecule has 4 nitrogen and oxygen atoms in total. The third-order valence-corrected chi connectivity index (χ3v) is 0.753. The quantitative estimate of drug-likeness (QED) is 0.358. The lowest BCUT2D eigenvalue weighted by Crippen LogP contribution is -2.30. The van der Waals surface area contributed by atoms with E-state index < -0.39 is 6.23 Å². The number of hydrogen-bond acceptors (Lipinski definition) is 3. The monoisotopic (exact) mass is 144 g/mol. The Morgan fingerprint density at radius 3 is 2.70 bits per heavy atom. The fourth-order valence-electron chi connectivity index (χ4n) is 0.413. The summed E-state index contributed by atoms with van der Waals surface area (Å²) in [5, 5.41) is 13.6. The number of carbonyl (C=O) groups is 1. The predicted octanol–water partition coefficient (Wildman–Crippen LogP) is -0.826. The molecular formula is C6H12N2O2. The third kappa shape index (κ3) is 5.11. The van der Waals surface area contributed by atoms with Crippen LogP contribution in [0.5, 0.6) is 0 Å². The number of nitrogens with one attached hydrogen (secondary N) is 2. The molecule has 0 aromatic heterocycles. The van der Waals surface area contributed by atoms with Crippen molar-refractivity contribution in [1.29, 1.82) is 0 Å². The Hall–Kier alpha value is -1.03. The van der Waals surface area contributed by atoms with Gasteiger partial charge in [-0.05, 0) is 6.92 Å². The van der Waals surface area contributed by atoms with Gasteiger partial charge >= 0.3 is 0 Å². The van der Waals surface area contributed by atoms with Gasteiger partial charge in [-0.15, -0.1) is 0 Å². The SMILES string of the molecule is CN/C=C\C(=O)NC(C)O. The van der Waals surface area contributed by atoms with Gasteiger partial charge in [-0.2, -0.15) is 0 Å². The molecule has 0 saturated heterocycles. The van der Waals surface area contributed by atoms with Crippen molar-refractivity contribution in [1.82, 2.24) is 10.6 Å². The zero-order valence-corrected chi connectivity index (χ0v) is 6.09. The first-order valence-electron chi connectivity index (χ1n) is 2.99. The molecule has 0 aliphatic heterocycles. The standard InChI is InChI=1S/C6H12N2O2/c1-5(9)8-6(10)3-4-7-2/h3-5,7,9H,1-2H3,(H,8,10)/b4-3-. The highest BCUT2D eigenvalue weighted by Crippen LogP contribution is 1.73. The Kier molecular flexibility index (Phi) is 4.32. The summed E-state index contributed by atoms with van der Waals surface area (Å²) in [4.78, 5) is 10.6. The van der Waals surface area contributed by atoms with Gasteiger partial charge in [0, 0.05) is 19.3 Å². The fourth-order valence-corrected chi connectivity index (χ4v) is 0.413. The van der Waals surface area contributed by atoms with Crippen molar-refractivity contribution < 1.29 is 9.90 Å². The topological polar surface area (TPSA) is 61.4 Å². The molecule has 0 rings (SSSR count). The highest BCUT2D eigenvalue weighted by Gasteiger charge is 1.96. The maximum absolute atomic E-state index is 10.6. The summed E-state index contributed by atoms with van der Waals surface area (Å²) in [7, 11) is 1.69. The Balaban J connectivity index is 3.54. The van der Waals surface area contributed by atoms with Gasteiger partial charge in [0.1, 0.15) is 6.23 Å². The van der Waals surface area contributed by atoms with E-state index in [9.17, 15) is 4.79 Å². The van der Waals surface area contributed by atoms with Crippen LogP contribution in [0.2, 0.25) is 0 Å². The van der Waals surface area contributed by atoms with Crippen LogP contribution in [0.1, 0.15) is 6.92 Å². The molecular weight excluding hydrogens is 132 g/mol. The van der Waals surface area contributed by atoms with Crippen molar-refractivity contribution in [2.24, 2.45) is 0 Å². The number of amides is 1. The Morgan fingerprint density at radius 1 is 1.70 bits per heavy atom. The van der Waals surface area contributed by atoms with Crippen LogP contribution < -0.4 is 10.6 Å². The molecule has 10 heavy (non-hydrogen) atoms. The number of aliphatic hydroxyl groups excluding tert-OH is 1. The van der Waals surface area contributed by atoms with E-state index in [4.69, 9.17) is 5.11 Å². The summed E-state index contributed by atoms with van der Waals surface area (Å²) in [5.74, 6) is -0.315. The highest BCUT2D eigenvalue weighted by molar-refractivity contribution is 5.87. The molecule has 58 valence electrons. The van der Waals surface area contributed by atoms with Crippen molar-refractivity contribution in [3.8, 4) is 0 Å². The van der Waals surface area contributed by atoms with Gasteiger partial charge in [-0.25, -0.2) is 0 Å². The molecule has 1 unspecified atom stereocenters. The lowest BCUT2D eigenvalue weighted by Gasteiger charge is -2.02. The van der Waals surface area contributed by atoms with Crippen molar-refractivity contribution in [2.75, 3.05) is 7.05 Å². The molecule has 0 heterocycles. The second-order valence-corrected chi connectivity index (χ2v) is 1.81. The van der Waals surface area contributed by atoms with Gasteiger partial charge in [-0.1, -0.05) is 0 Å². The van der Waals surface area contributed by atoms with E-state index >= 15 is 0 Å². The van der Waals surface area contributed by atoms with Gasteiger partial charge < -0.3 is 15.7 Å². The molecule has 0 aliphatic carbocycles. The maximum Gasteiger partial charge on any atom is 0.247 e. The smallest absolute Gasteiger partial charge is 0.247 e. The predicted molar refractivity (Wildman–Crippen MR) is 38.0 cm³/mol. The largest absolute Gasteiger partial charge is 0.394 e. The molecule has 0 aromatic rings. The molecule has 0 bridgehead atoms. The van der Waals surface area contributed by atoms with Crippen LogP contribution in [-0.4, -0.2) is 24.3 Å². The highest BCUT2D eigenvalue weighted by atomic mass is 16.3. The molecule has 0 aliphatic rings. The lowest BCUT2D eigenvalue weighted by atomic mass is 10.5. The molecule has 0 fully saturated rings. The second kappa shape index (κ2) is 4.81. The fraction of sp³-hybridized carbons (Fsp3) is 0.500. The summed E-state index contributed by atoms with van der Waals surface area (Å²) < 4.78 is 0. The summed E-state index contributed by atoms with van der Waals surface area (Å²) in [5.41, 5.74) is 0. The lowest BCUT2D eigenvalue weighted by molar-refractivity contribution is -0.119. The normalized spacial score (nSPS) is 13.1. The molecule has 1 amide bonds. The van der Waals surface area contributed by atoms with Crippen LogP contribution in [-0.2, 0) is 4.79 Å². The summed E-state index contributed by atoms with van der Waals surface area (Å²) in [6, 6.07) is 0. The van der Waals surface area contributed by atoms with Gasteiger partial charge in [0.25, 0.3) is 0 Å². The number of carbonyl (C=O) groups excluding carboxylic acids is 1. The third-order valence-electron chi connectivity index (χ3n) is 0.753. The summed E-state index contributed by atoms with van der Waals surface area (Å²) >= 11 is 0. The molecule has 1 atom stereocenters. The Bertz CT molecular complexity index is 132. The van der Waals surface area contributed by atoms with E-state index in [-0.39, 0.29) is 5.91 Å². The van der Waals surface area contributed by atoms with Crippen LogP contribution >= 0.6 is 0 Å². The minimum absolute atomic E-state index is 0.315. The van der Waals surface area contributed by atoms with E-state index in [1.54, 1.807) is 7.05 Å². The first-order valence-corrected chi connectivity index (χ1v) is 2.99. The van der Waals surface area contributed by atoms with Crippen LogP contribution in [0.3, 0.4) is 0 Å². The van der Waals surface area contributed by atoms with E-state index in [0.29, 0.717) is 0 Å². The Labute approximate surface area is 59.9 Å². The first kappa shape index (κ1) is 8.97. The zero-order valence-electron chi connectivity index (χ0n) is 6.09. The molecule has 0 saturated carbocycles. The van der Waals surface area contributed by atoms with Crippen LogP contribution in [0.4, 0.5) is 0 Å². The van der Waals surface area contributed by atoms with Gasteiger partial charge in [-0.3, -0.25) is 4.79 Å². The maximum atomic E-state index is 10.6. The molecule has 3 N–H and O–H groups in total. The van der Waals surface area contributed by atoms with Crippen LogP contribution in [0.25, 0.3) is 0 Å². The van der Waals surface area contributed by atoms with Gasteiger partial charge in [0.15, 0.2) is 0 Å². The first-order chi connectivity index (χ1) is 4.66. The minimum atomic E-state index is -0.797. The second-order valence-electron chi connectivity index (χ2n) is 1.81. The van der Waals surface area contributed by atoms with Crippen molar-refractivity contribution in [3.63, 3.8) is 0 Å². The van der Waals surface area contributed by atoms with Gasteiger partial charge in [0.2, 0.25) is 5.91 Å². The van der Waals surface area contributed by atoms with E-state index in [1.165, 1.54) is 19.2 Å². The molecule has 0 aromatic carbocycles. The van der Waals surface area contributed by atoms with E-state index in [1.807, 2.05) is 0 Å². The molecule has 0 radical (unpaired) electrons. The molecule has 4 heteroatoms. The van der Waals surface area contributed by atoms with Crippen LogP contribution in [0.15, 0.2) is 12.3 Å². The number of hydrogen-bond donors (Lipinski definition) is 3. The average Bonchev–Trinajstić information content (AvgIpc) is 1.82. The average molecular weight is 144 g/mol. The summed E-state index contributed by atoms with van der Waals surface area (Å²) in [6.45, 7) is 1.48. The van der Waals surface area contributed by atoms with Gasteiger partial charge in [0.05, 0.1) is 0 Å². The van der Waals surface area contributed by atoms with E-state index in [2.05, 4.69) is 10.6 Å². The minimum Gasteiger partial charge on any atom is -0.394 e. The van der Waals surface area contributed by atoms with Crippen molar-refractivity contribution in [2.45, 2.75) is 13.2 Å². The zero-order chi connectivity index (χ0) is 7.98. The summed E-state index contributed by atoms with van der Waals surface area (Å²) in [6.07, 6.45) is 1.98. The Morgan fingerprint density at radius 2 is 2.30 bits per heavy atom. The van der Waals surface area contributed by atoms with Crippen LogP contribution in [0, 0.1) is 0 Å². The molecule has 0 spiro atoms. The number of rotatable bonds is 3. The van der Waals surface area contributed by atoms with Crippen molar-refractivity contribution in [3.05, 3.63) is 12.3 Å². The van der Waals surface area contributed by atoms with E-state index in [0.717, 1.165) is 0 Å².